The Morgan fingerprint density at radius 1 is 1.05 bits per heavy atom. The van der Waals surface area contributed by atoms with Crippen LogP contribution in [0.1, 0.15) is 21.5 Å². The highest BCUT2D eigenvalue weighted by Gasteiger charge is 2.31. The summed E-state index contributed by atoms with van der Waals surface area (Å²) in [6.07, 6.45) is -5.49. The van der Waals surface area contributed by atoms with Crippen molar-refractivity contribution in [1.82, 2.24) is 19.3 Å². The molecular formula is C29H28F3N7O3. The van der Waals surface area contributed by atoms with Crippen molar-refractivity contribution in [2.75, 3.05) is 29.1 Å². The van der Waals surface area contributed by atoms with Crippen LogP contribution in [-0.4, -0.2) is 54.7 Å². The van der Waals surface area contributed by atoms with Gasteiger partial charge in [-0.2, -0.15) is 18.3 Å². The molecule has 13 heteroatoms. The van der Waals surface area contributed by atoms with Crippen LogP contribution in [0.5, 0.6) is 0 Å². The topological polar surface area (TPSA) is 129 Å². The number of aliphatic hydroxyl groups is 2. The van der Waals surface area contributed by atoms with E-state index in [4.69, 9.17) is 10.1 Å². The van der Waals surface area contributed by atoms with E-state index in [0.29, 0.717) is 34.5 Å². The number of imidazole rings is 1. The zero-order chi connectivity index (χ0) is 30.0. The third-order valence-electron chi connectivity index (χ3n) is 6.58. The molecule has 10 nitrogen and oxygen atoms in total. The zero-order valence-corrected chi connectivity index (χ0v) is 22.6. The maximum atomic E-state index is 13.1. The molecule has 42 heavy (non-hydrogen) atoms. The summed E-state index contributed by atoms with van der Waals surface area (Å²) >= 11 is 0. The number of benzene rings is 3. The summed E-state index contributed by atoms with van der Waals surface area (Å²) in [6, 6.07) is 18.6. The van der Waals surface area contributed by atoms with E-state index >= 15 is 0 Å². The van der Waals surface area contributed by atoms with Gasteiger partial charge < -0.3 is 26.2 Å². The van der Waals surface area contributed by atoms with Crippen LogP contribution < -0.4 is 16.0 Å². The van der Waals surface area contributed by atoms with E-state index in [0.717, 1.165) is 23.2 Å². The minimum absolute atomic E-state index is 0.118. The normalized spacial score (nSPS) is 12.4. The Balaban J connectivity index is 1.45. The minimum atomic E-state index is -4.56. The second-order valence-corrected chi connectivity index (χ2v) is 9.68. The lowest BCUT2D eigenvalue weighted by Gasteiger charge is -2.14. The van der Waals surface area contributed by atoms with Crippen LogP contribution in [0.2, 0.25) is 0 Å². The number of rotatable bonds is 9. The van der Waals surface area contributed by atoms with Gasteiger partial charge in [-0.15, -0.1) is 0 Å². The standard InChI is InChI=1S/C29H28F3N7O3/c1-17-10-11-20(34-27(42)18-6-5-7-19(12-18)29(30,31)32)13-23(17)36-28-35-22-8-3-4-9-24(22)39(28)26-14-25(38(2)37-26)33-15-21(41)16-40/h3-14,21,33,40-41H,15-16H2,1-2H3,(H,34,42)(H,35,36). The molecule has 2 aromatic heterocycles. The molecule has 0 aliphatic carbocycles. The number of nitrogens with zero attached hydrogens (tertiary/aromatic N) is 4. The van der Waals surface area contributed by atoms with Crippen LogP contribution in [0.25, 0.3) is 16.9 Å². The Morgan fingerprint density at radius 3 is 2.60 bits per heavy atom. The average Bonchev–Trinajstić information content (AvgIpc) is 3.52. The van der Waals surface area contributed by atoms with Crippen molar-refractivity contribution >= 4 is 40.1 Å². The van der Waals surface area contributed by atoms with Gasteiger partial charge in [0.15, 0.2) is 5.82 Å². The monoisotopic (exact) mass is 579 g/mol. The number of fused-ring (bicyclic) bond motifs is 1. The molecule has 218 valence electrons. The number of amides is 1. The molecule has 1 amide bonds. The number of carbonyl (C=O) groups excluding carboxylic acids is 1. The van der Waals surface area contributed by atoms with E-state index in [-0.39, 0.29) is 18.7 Å². The summed E-state index contributed by atoms with van der Waals surface area (Å²) in [5, 5.41) is 32.5. The number of alkyl halides is 3. The highest BCUT2D eigenvalue weighted by Crippen LogP contribution is 2.31. The third-order valence-corrected chi connectivity index (χ3v) is 6.58. The molecule has 0 radical (unpaired) electrons. The number of hydrogen-bond acceptors (Lipinski definition) is 7. The Morgan fingerprint density at radius 2 is 1.83 bits per heavy atom. The highest BCUT2D eigenvalue weighted by molar-refractivity contribution is 6.04. The van der Waals surface area contributed by atoms with E-state index in [1.165, 1.54) is 12.1 Å². The van der Waals surface area contributed by atoms with E-state index in [2.05, 4.69) is 21.0 Å². The fourth-order valence-corrected chi connectivity index (χ4v) is 4.35. The van der Waals surface area contributed by atoms with Gasteiger partial charge >= 0.3 is 6.18 Å². The van der Waals surface area contributed by atoms with Gasteiger partial charge in [-0.1, -0.05) is 24.3 Å². The smallest absolute Gasteiger partial charge is 0.394 e. The van der Waals surface area contributed by atoms with E-state index < -0.39 is 23.8 Å². The number of aryl methyl sites for hydroxylation is 2. The molecule has 1 atom stereocenters. The third kappa shape index (κ3) is 6.06. The lowest BCUT2D eigenvalue weighted by molar-refractivity contribution is -0.137. The van der Waals surface area contributed by atoms with Gasteiger partial charge in [0.05, 0.1) is 29.3 Å². The van der Waals surface area contributed by atoms with Gasteiger partial charge in [-0.25, -0.2) is 4.98 Å². The number of carbonyl (C=O) groups is 1. The Bertz CT molecular complexity index is 1750. The SMILES string of the molecule is Cc1ccc(NC(=O)c2cccc(C(F)(F)F)c2)cc1Nc1nc2ccccc2n1-c1cc(NCC(O)CO)n(C)n1. The highest BCUT2D eigenvalue weighted by atomic mass is 19.4. The molecular weight excluding hydrogens is 551 g/mol. The molecule has 0 aliphatic rings. The van der Waals surface area contributed by atoms with E-state index in [1.807, 2.05) is 35.8 Å². The Labute approximate surface area is 238 Å². The molecule has 0 saturated heterocycles. The molecule has 2 heterocycles. The number of hydrogen-bond donors (Lipinski definition) is 5. The quantitative estimate of drug-likeness (QED) is 0.169. The van der Waals surface area contributed by atoms with Crippen molar-refractivity contribution < 1.29 is 28.2 Å². The lowest BCUT2D eigenvalue weighted by atomic mass is 10.1. The summed E-state index contributed by atoms with van der Waals surface area (Å²) in [7, 11) is 1.74. The molecule has 0 aliphatic heterocycles. The van der Waals surface area contributed by atoms with Crippen molar-refractivity contribution in [2.24, 2.45) is 7.05 Å². The van der Waals surface area contributed by atoms with Gasteiger partial charge in [0.25, 0.3) is 5.91 Å². The Kier molecular flexibility index (Phi) is 7.87. The number of nitrogens with one attached hydrogen (secondary N) is 3. The number of para-hydroxylation sites is 2. The fourth-order valence-electron chi connectivity index (χ4n) is 4.35. The van der Waals surface area contributed by atoms with Gasteiger partial charge in [-0.3, -0.25) is 14.0 Å². The van der Waals surface area contributed by atoms with Gasteiger partial charge in [0.2, 0.25) is 5.95 Å². The molecule has 1 unspecified atom stereocenters. The maximum Gasteiger partial charge on any atom is 0.416 e. The largest absolute Gasteiger partial charge is 0.416 e. The first-order valence-corrected chi connectivity index (χ1v) is 12.9. The molecule has 0 fully saturated rings. The van der Waals surface area contributed by atoms with Crippen LogP contribution in [-0.2, 0) is 13.2 Å². The van der Waals surface area contributed by atoms with Crippen LogP contribution in [0.4, 0.5) is 36.3 Å². The van der Waals surface area contributed by atoms with Crippen LogP contribution in [0.15, 0.2) is 72.8 Å². The van der Waals surface area contributed by atoms with Crippen molar-refractivity contribution in [1.29, 1.82) is 0 Å². The summed E-state index contributed by atoms with van der Waals surface area (Å²) in [5.74, 6) is 0.890. The van der Waals surface area contributed by atoms with Gasteiger partial charge in [0.1, 0.15) is 5.82 Å². The Hall–Kier alpha value is -4.88. The van der Waals surface area contributed by atoms with E-state index in [9.17, 15) is 23.1 Å². The average molecular weight is 580 g/mol. The molecule has 0 saturated carbocycles. The first kappa shape index (κ1) is 28.6. The van der Waals surface area contributed by atoms with Crippen molar-refractivity contribution in [3.63, 3.8) is 0 Å². The molecule has 3 aromatic carbocycles. The fraction of sp³-hybridized carbons (Fsp3) is 0.207. The summed E-state index contributed by atoms with van der Waals surface area (Å²) in [4.78, 5) is 17.5. The lowest BCUT2D eigenvalue weighted by Crippen LogP contribution is -2.23. The van der Waals surface area contributed by atoms with Crippen LogP contribution in [0.3, 0.4) is 0 Å². The summed E-state index contributed by atoms with van der Waals surface area (Å²) in [5.41, 5.74) is 2.25. The molecule has 5 aromatic rings. The first-order valence-electron chi connectivity index (χ1n) is 12.9. The van der Waals surface area contributed by atoms with Crippen molar-refractivity contribution in [3.05, 3.63) is 89.5 Å². The first-order chi connectivity index (χ1) is 20.0. The van der Waals surface area contributed by atoms with E-state index in [1.54, 1.807) is 36.0 Å². The van der Waals surface area contributed by atoms with Gasteiger partial charge in [-0.05, 0) is 55.0 Å². The van der Waals surface area contributed by atoms with Crippen LogP contribution >= 0.6 is 0 Å². The number of aromatic nitrogens is 4. The zero-order valence-electron chi connectivity index (χ0n) is 22.6. The second-order valence-electron chi connectivity index (χ2n) is 9.68. The number of aliphatic hydroxyl groups excluding tert-OH is 2. The number of halogens is 3. The second kappa shape index (κ2) is 11.5. The molecule has 0 spiro atoms. The predicted octanol–water partition coefficient (Wildman–Crippen LogP) is 4.85. The number of anilines is 4. The molecule has 5 N–H and O–H groups in total. The summed E-state index contributed by atoms with van der Waals surface area (Å²) < 4.78 is 42.8. The van der Waals surface area contributed by atoms with Gasteiger partial charge in [0, 0.05) is 36.6 Å². The molecule has 5 rings (SSSR count). The van der Waals surface area contributed by atoms with Crippen LogP contribution in [0, 0.1) is 6.92 Å². The minimum Gasteiger partial charge on any atom is -0.394 e. The maximum absolute atomic E-state index is 13.1. The summed E-state index contributed by atoms with van der Waals surface area (Å²) in [6.45, 7) is 1.61. The predicted molar refractivity (Wildman–Crippen MR) is 153 cm³/mol. The van der Waals surface area contributed by atoms with Crippen molar-refractivity contribution in [2.45, 2.75) is 19.2 Å². The molecule has 0 bridgehead atoms. The van der Waals surface area contributed by atoms with Crippen molar-refractivity contribution in [3.8, 4) is 5.82 Å².